The van der Waals surface area contributed by atoms with Gasteiger partial charge in [-0.05, 0) is 54.5 Å². The van der Waals surface area contributed by atoms with Gasteiger partial charge >= 0.3 is 0 Å². The molecule has 0 atom stereocenters. The van der Waals surface area contributed by atoms with E-state index in [1.54, 1.807) is 20.3 Å². The summed E-state index contributed by atoms with van der Waals surface area (Å²) >= 11 is 0. The first-order valence-corrected chi connectivity index (χ1v) is 10.4. The lowest BCUT2D eigenvalue weighted by Crippen LogP contribution is -2.07. The molecule has 0 saturated carbocycles. The molecule has 2 N–H and O–H groups in total. The lowest BCUT2D eigenvalue weighted by atomic mass is 10.1. The largest absolute Gasteiger partial charge is 0.493 e. The molecular formula is C26H24N4O3. The Morgan fingerprint density at radius 1 is 0.909 bits per heavy atom. The molecule has 33 heavy (non-hydrogen) atoms. The average Bonchev–Trinajstić information content (AvgIpc) is 2.83. The molecule has 3 aromatic carbocycles. The Hall–Kier alpha value is -4.39. The summed E-state index contributed by atoms with van der Waals surface area (Å²) in [4.78, 5) is 20.9. The molecule has 0 radical (unpaired) electrons. The molecule has 0 aliphatic heterocycles. The Labute approximate surface area is 192 Å². The lowest BCUT2D eigenvalue weighted by molar-refractivity contribution is -0.111. The summed E-state index contributed by atoms with van der Waals surface area (Å²) in [6.45, 7) is 1.98. The van der Waals surface area contributed by atoms with Gasteiger partial charge in [-0.15, -0.1) is 0 Å². The van der Waals surface area contributed by atoms with E-state index in [1.807, 2.05) is 67.6 Å². The van der Waals surface area contributed by atoms with Crippen molar-refractivity contribution in [1.82, 2.24) is 9.97 Å². The predicted molar refractivity (Wildman–Crippen MR) is 131 cm³/mol. The SMILES string of the molecule is COc1cc2ncnc(Nc3ccc(/C=C/C(=O)Nc4cccc(C)c4)cc3)c2cc1OC. The maximum Gasteiger partial charge on any atom is 0.248 e. The summed E-state index contributed by atoms with van der Waals surface area (Å²) in [5.74, 6) is 1.69. The summed E-state index contributed by atoms with van der Waals surface area (Å²) in [6, 6.07) is 19.0. The van der Waals surface area contributed by atoms with Crippen LogP contribution in [0.25, 0.3) is 17.0 Å². The van der Waals surface area contributed by atoms with Crippen LogP contribution in [0.1, 0.15) is 11.1 Å². The van der Waals surface area contributed by atoms with E-state index < -0.39 is 0 Å². The fraction of sp³-hybridized carbons (Fsp3) is 0.115. The maximum absolute atomic E-state index is 12.2. The van der Waals surface area contributed by atoms with Crippen molar-refractivity contribution in [3.05, 3.63) is 84.2 Å². The standard InChI is InChI=1S/C26H24N4O3/c1-17-5-4-6-20(13-17)29-25(31)12-9-18-7-10-19(11-8-18)30-26-21-14-23(32-2)24(33-3)15-22(21)27-16-28-26/h4-16H,1-3H3,(H,29,31)(H,27,28,30)/b12-9+. The predicted octanol–water partition coefficient (Wildman–Crippen LogP) is 5.35. The molecule has 4 aromatic rings. The molecule has 7 heteroatoms. The van der Waals surface area contributed by atoms with Crippen LogP contribution in [0, 0.1) is 6.92 Å². The highest BCUT2D eigenvalue weighted by atomic mass is 16.5. The highest BCUT2D eigenvalue weighted by Crippen LogP contribution is 2.34. The third-order valence-corrected chi connectivity index (χ3v) is 5.03. The minimum absolute atomic E-state index is 0.181. The van der Waals surface area contributed by atoms with E-state index in [2.05, 4.69) is 20.6 Å². The zero-order valence-corrected chi connectivity index (χ0v) is 18.6. The third kappa shape index (κ3) is 5.27. The van der Waals surface area contributed by atoms with E-state index >= 15 is 0 Å². The highest BCUT2D eigenvalue weighted by molar-refractivity contribution is 6.02. The van der Waals surface area contributed by atoms with Crippen LogP contribution >= 0.6 is 0 Å². The van der Waals surface area contributed by atoms with Crippen LogP contribution in [0.2, 0.25) is 0 Å². The molecule has 0 unspecified atom stereocenters. The first kappa shape index (κ1) is 21.8. The Kier molecular flexibility index (Phi) is 6.50. The number of nitrogens with zero attached hydrogens (tertiary/aromatic N) is 2. The average molecular weight is 441 g/mol. The number of amides is 1. The number of hydrogen-bond acceptors (Lipinski definition) is 6. The van der Waals surface area contributed by atoms with Crippen LogP contribution in [0.3, 0.4) is 0 Å². The maximum atomic E-state index is 12.2. The number of anilines is 3. The Balaban J connectivity index is 1.47. The van der Waals surface area contributed by atoms with Crippen molar-refractivity contribution in [3.63, 3.8) is 0 Å². The number of carbonyl (C=O) groups is 1. The van der Waals surface area contributed by atoms with Crippen molar-refractivity contribution >= 4 is 40.1 Å². The molecule has 166 valence electrons. The number of fused-ring (bicyclic) bond motifs is 1. The van der Waals surface area contributed by atoms with E-state index in [0.717, 1.165) is 33.4 Å². The number of aryl methyl sites for hydroxylation is 1. The van der Waals surface area contributed by atoms with Crippen LogP contribution in [-0.4, -0.2) is 30.1 Å². The van der Waals surface area contributed by atoms with E-state index in [4.69, 9.17) is 9.47 Å². The molecule has 0 aliphatic carbocycles. The van der Waals surface area contributed by atoms with E-state index in [0.29, 0.717) is 17.3 Å². The molecule has 0 fully saturated rings. The minimum Gasteiger partial charge on any atom is -0.493 e. The summed E-state index contributed by atoms with van der Waals surface area (Å²) in [5, 5.41) is 6.99. The number of ether oxygens (including phenoxy) is 2. The number of methoxy groups -OCH3 is 2. The van der Waals surface area contributed by atoms with Gasteiger partial charge in [0.25, 0.3) is 0 Å². The van der Waals surface area contributed by atoms with Crippen molar-refractivity contribution < 1.29 is 14.3 Å². The molecule has 4 rings (SSSR count). The summed E-state index contributed by atoms with van der Waals surface area (Å²) in [6.07, 6.45) is 4.79. The van der Waals surface area contributed by atoms with Crippen LogP contribution in [0.15, 0.2) is 73.1 Å². The smallest absolute Gasteiger partial charge is 0.248 e. The van der Waals surface area contributed by atoms with Crippen LogP contribution in [0.4, 0.5) is 17.2 Å². The number of aromatic nitrogens is 2. The van der Waals surface area contributed by atoms with Gasteiger partial charge in [-0.2, -0.15) is 0 Å². The van der Waals surface area contributed by atoms with Crippen molar-refractivity contribution in [2.24, 2.45) is 0 Å². The van der Waals surface area contributed by atoms with Gasteiger partial charge in [0.05, 0.1) is 19.7 Å². The monoisotopic (exact) mass is 440 g/mol. The van der Waals surface area contributed by atoms with Crippen molar-refractivity contribution in [3.8, 4) is 11.5 Å². The van der Waals surface area contributed by atoms with Gasteiger partial charge in [0, 0.05) is 28.9 Å². The fourth-order valence-corrected chi connectivity index (χ4v) is 3.38. The topological polar surface area (TPSA) is 85.4 Å². The number of rotatable bonds is 7. The van der Waals surface area contributed by atoms with E-state index in [-0.39, 0.29) is 5.91 Å². The second kappa shape index (κ2) is 9.82. The summed E-state index contributed by atoms with van der Waals surface area (Å²) in [5.41, 5.74) is 4.36. The van der Waals surface area contributed by atoms with Gasteiger partial charge < -0.3 is 20.1 Å². The van der Waals surface area contributed by atoms with Gasteiger partial charge in [-0.25, -0.2) is 9.97 Å². The second-order valence-electron chi connectivity index (χ2n) is 7.39. The van der Waals surface area contributed by atoms with Gasteiger partial charge in [0.1, 0.15) is 12.1 Å². The first-order valence-electron chi connectivity index (χ1n) is 10.4. The van der Waals surface area contributed by atoms with E-state index in [1.165, 1.54) is 12.4 Å². The Morgan fingerprint density at radius 2 is 1.67 bits per heavy atom. The molecular weight excluding hydrogens is 416 g/mol. The van der Waals surface area contributed by atoms with Crippen molar-refractivity contribution in [1.29, 1.82) is 0 Å². The number of nitrogens with one attached hydrogen (secondary N) is 2. The number of hydrogen-bond donors (Lipinski definition) is 2. The van der Waals surface area contributed by atoms with Crippen molar-refractivity contribution in [2.75, 3.05) is 24.9 Å². The summed E-state index contributed by atoms with van der Waals surface area (Å²) < 4.78 is 10.8. The van der Waals surface area contributed by atoms with Crippen LogP contribution in [0.5, 0.6) is 11.5 Å². The first-order chi connectivity index (χ1) is 16.1. The fourth-order valence-electron chi connectivity index (χ4n) is 3.38. The lowest BCUT2D eigenvalue weighted by Gasteiger charge is -2.12. The highest BCUT2D eigenvalue weighted by Gasteiger charge is 2.11. The zero-order valence-electron chi connectivity index (χ0n) is 18.6. The molecule has 1 heterocycles. The van der Waals surface area contributed by atoms with E-state index in [9.17, 15) is 4.79 Å². The molecule has 7 nitrogen and oxygen atoms in total. The molecule has 1 amide bonds. The van der Waals surface area contributed by atoms with Crippen LogP contribution < -0.4 is 20.1 Å². The van der Waals surface area contributed by atoms with Crippen molar-refractivity contribution in [2.45, 2.75) is 6.92 Å². The zero-order chi connectivity index (χ0) is 23.2. The van der Waals surface area contributed by atoms with Gasteiger partial charge in [0.15, 0.2) is 11.5 Å². The normalized spacial score (nSPS) is 10.9. The molecule has 0 saturated heterocycles. The Bertz CT molecular complexity index is 1320. The minimum atomic E-state index is -0.181. The molecule has 0 spiro atoms. The summed E-state index contributed by atoms with van der Waals surface area (Å²) in [7, 11) is 3.18. The molecule has 0 aliphatic rings. The van der Waals surface area contributed by atoms with Crippen LogP contribution in [-0.2, 0) is 4.79 Å². The number of carbonyl (C=O) groups excluding carboxylic acids is 1. The van der Waals surface area contributed by atoms with Gasteiger partial charge in [-0.3, -0.25) is 4.79 Å². The molecule has 0 bridgehead atoms. The van der Waals surface area contributed by atoms with Gasteiger partial charge in [-0.1, -0.05) is 24.3 Å². The Morgan fingerprint density at radius 3 is 2.39 bits per heavy atom. The second-order valence-corrected chi connectivity index (χ2v) is 7.39. The van der Waals surface area contributed by atoms with Gasteiger partial charge in [0.2, 0.25) is 5.91 Å². The third-order valence-electron chi connectivity index (χ3n) is 5.03. The number of benzene rings is 3. The molecule has 1 aromatic heterocycles. The quantitative estimate of drug-likeness (QED) is 0.377.